The summed E-state index contributed by atoms with van der Waals surface area (Å²) in [6, 6.07) is 6.75. The van der Waals surface area contributed by atoms with Gasteiger partial charge in [0, 0.05) is 16.6 Å². The van der Waals surface area contributed by atoms with E-state index in [4.69, 9.17) is 9.47 Å². The number of aromatic nitrogens is 2. The van der Waals surface area contributed by atoms with E-state index in [1.165, 1.54) is 46.5 Å². The fourth-order valence-corrected chi connectivity index (χ4v) is 4.32. The number of hydrogen-bond acceptors (Lipinski definition) is 6. The van der Waals surface area contributed by atoms with Crippen LogP contribution in [-0.2, 0) is 29.0 Å². The molecule has 0 saturated carbocycles. The number of aryl methyl sites for hydroxylation is 2. The van der Waals surface area contributed by atoms with Crippen molar-refractivity contribution in [2.75, 3.05) is 6.61 Å². The van der Waals surface area contributed by atoms with Crippen LogP contribution in [0.5, 0.6) is 5.75 Å². The molecule has 0 bridgehead atoms. The molecule has 3 aromatic rings. The van der Waals surface area contributed by atoms with Crippen molar-refractivity contribution >= 4 is 22.3 Å². The Bertz CT molecular complexity index is 1040. The summed E-state index contributed by atoms with van der Waals surface area (Å²) in [7, 11) is 0. The highest BCUT2D eigenvalue weighted by atomic mass is 32.1. The van der Waals surface area contributed by atoms with Gasteiger partial charge in [-0.2, -0.15) is 0 Å². The number of nitrogens with zero attached hydrogens (tertiary/aromatic N) is 2. The number of carbonyl (C=O) groups excluding carboxylic acids is 1. The van der Waals surface area contributed by atoms with Crippen LogP contribution < -0.4 is 10.3 Å². The number of fused-ring (bicyclic) bond motifs is 3. The first-order chi connectivity index (χ1) is 13.1. The number of rotatable bonds is 5. The number of hydrogen-bond donors (Lipinski definition) is 0. The summed E-state index contributed by atoms with van der Waals surface area (Å²) < 4.78 is 24.9. The Hall–Kier alpha value is -2.74. The summed E-state index contributed by atoms with van der Waals surface area (Å²) in [5.41, 5.74) is 1.33. The zero-order chi connectivity index (χ0) is 18.8. The maximum Gasteiger partial charge on any atom is 0.344 e. The van der Waals surface area contributed by atoms with Crippen LogP contribution in [0.2, 0.25) is 0 Å². The Morgan fingerprint density at radius 1 is 1.22 bits per heavy atom. The Balaban J connectivity index is 1.40. The Kier molecular flexibility index (Phi) is 4.89. The largest absolute Gasteiger partial charge is 0.482 e. The van der Waals surface area contributed by atoms with Crippen LogP contribution in [0.25, 0.3) is 4.96 Å². The molecule has 0 fully saturated rings. The molecule has 8 heteroatoms. The predicted octanol–water partition coefficient (Wildman–Crippen LogP) is 2.90. The van der Waals surface area contributed by atoms with Gasteiger partial charge in [0.25, 0.3) is 5.56 Å². The maximum atomic E-state index is 12.8. The van der Waals surface area contributed by atoms with E-state index in [-0.39, 0.29) is 24.6 Å². The number of carbonyl (C=O) groups is 1. The number of thiazole rings is 1. The van der Waals surface area contributed by atoms with Crippen molar-refractivity contribution in [3.63, 3.8) is 0 Å². The Labute approximate surface area is 158 Å². The van der Waals surface area contributed by atoms with Gasteiger partial charge in [-0.15, -0.1) is 11.3 Å². The molecule has 0 atom stereocenters. The highest BCUT2D eigenvalue weighted by Crippen LogP contribution is 2.28. The van der Waals surface area contributed by atoms with Crippen LogP contribution in [0.4, 0.5) is 4.39 Å². The number of ether oxygens (including phenoxy) is 2. The fraction of sp³-hybridized carbons (Fsp3) is 0.316. The van der Waals surface area contributed by atoms with Crippen molar-refractivity contribution in [3.8, 4) is 5.75 Å². The molecule has 0 saturated heterocycles. The highest BCUT2D eigenvalue weighted by molar-refractivity contribution is 7.17. The molecule has 0 aliphatic heterocycles. The van der Waals surface area contributed by atoms with Crippen LogP contribution in [0.15, 0.2) is 35.1 Å². The third-order valence-corrected chi connectivity index (χ3v) is 5.51. The molecule has 1 aliphatic carbocycles. The average molecular weight is 388 g/mol. The van der Waals surface area contributed by atoms with Crippen LogP contribution in [-0.4, -0.2) is 22.0 Å². The number of halogens is 1. The molecule has 0 N–H and O–H groups in total. The molecule has 6 nitrogen and oxygen atoms in total. The summed E-state index contributed by atoms with van der Waals surface area (Å²) in [4.78, 5) is 30.6. The van der Waals surface area contributed by atoms with Crippen molar-refractivity contribution in [2.45, 2.75) is 32.3 Å². The lowest BCUT2D eigenvalue weighted by Crippen LogP contribution is -2.19. The van der Waals surface area contributed by atoms with Crippen molar-refractivity contribution in [3.05, 3.63) is 62.8 Å². The molecule has 4 rings (SSSR count). The molecule has 0 unspecified atom stereocenters. The van der Waals surface area contributed by atoms with Gasteiger partial charge in [0.15, 0.2) is 11.6 Å². The van der Waals surface area contributed by atoms with Gasteiger partial charge in [-0.1, -0.05) is 0 Å². The van der Waals surface area contributed by atoms with Crippen LogP contribution in [0.1, 0.15) is 29.1 Å². The van der Waals surface area contributed by atoms with Gasteiger partial charge in [-0.3, -0.25) is 9.20 Å². The van der Waals surface area contributed by atoms with Crippen LogP contribution >= 0.6 is 11.3 Å². The number of esters is 1. The lowest BCUT2D eigenvalue weighted by atomic mass is 10.0. The minimum absolute atomic E-state index is 0.0973. The lowest BCUT2D eigenvalue weighted by Gasteiger charge is -2.10. The summed E-state index contributed by atoms with van der Waals surface area (Å²) in [5, 5.41) is 0. The van der Waals surface area contributed by atoms with E-state index >= 15 is 0 Å². The minimum Gasteiger partial charge on any atom is -0.482 e. The van der Waals surface area contributed by atoms with Gasteiger partial charge in [0.2, 0.25) is 0 Å². The van der Waals surface area contributed by atoms with Crippen molar-refractivity contribution < 1.29 is 18.7 Å². The van der Waals surface area contributed by atoms with Crippen LogP contribution in [0, 0.1) is 5.82 Å². The summed E-state index contributed by atoms with van der Waals surface area (Å²) in [6.07, 6.45) is 4.09. The maximum absolute atomic E-state index is 12.8. The quantitative estimate of drug-likeness (QED) is 0.629. The van der Waals surface area contributed by atoms with Crippen molar-refractivity contribution in [1.82, 2.24) is 9.38 Å². The van der Waals surface area contributed by atoms with E-state index in [9.17, 15) is 14.0 Å². The third-order valence-electron chi connectivity index (χ3n) is 4.37. The van der Waals surface area contributed by atoms with Crippen molar-refractivity contribution in [1.29, 1.82) is 0 Å². The van der Waals surface area contributed by atoms with Crippen LogP contribution in [0.3, 0.4) is 0 Å². The highest BCUT2D eigenvalue weighted by Gasteiger charge is 2.18. The Morgan fingerprint density at radius 2 is 2.00 bits per heavy atom. The first-order valence-electron chi connectivity index (χ1n) is 8.67. The summed E-state index contributed by atoms with van der Waals surface area (Å²) in [5.74, 6) is -0.602. The molecule has 140 valence electrons. The predicted molar refractivity (Wildman–Crippen MR) is 97.7 cm³/mol. The molecule has 0 spiro atoms. The SMILES string of the molecule is O=C(COc1ccc(F)cc1)OCc1cc(=O)n2c3c(sc2n1)CCCC3. The first-order valence-corrected chi connectivity index (χ1v) is 9.49. The van der Waals surface area contributed by atoms with E-state index in [1.54, 1.807) is 4.40 Å². The van der Waals surface area contributed by atoms with Gasteiger partial charge >= 0.3 is 5.97 Å². The zero-order valence-corrected chi connectivity index (χ0v) is 15.3. The molecular weight excluding hydrogens is 371 g/mol. The molecule has 27 heavy (non-hydrogen) atoms. The van der Waals surface area contributed by atoms with Crippen molar-refractivity contribution in [2.24, 2.45) is 0 Å². The average Bonchev–Trinajstić information content (AvgIpc) is 3.05. The molecule has 1 aliphatic rings. The van der Waals surface area contributed by atoms with Gasteiger partial charge in [0.1, 0.15) is 18.2 Å². The smallest absolute Gasteiger partial charge is 0.344 e. The summed E-state index contributed by atoms with van der Waals surface area (Å²) >= 11 is 1.53. The van der Waals surface area contributed by atoms with E-state index in [0.717, 1.165) is 31.4 Å². The monoisotopic (exact) mass is 388 g/mol. The summed E-state index contributed by atoms with van der Waals surface area (Å²) in [6.45, 7) is -0.403. The molecule has 2 heterocycles. The molecule has 2 aromatic heterocycles. The second-order valence-corrected chi connectivity index (χ2v) is 7.35. The normalized spacial score (nSPS) is 13.4. The van der Waals surface area contributed by atoms with E-state index in [2.05, 4.69) is 4.98 Å². The van der Waals surface area contributed by atoms with E-state index in [0.29, 0.717) is 16.4 Å². The Morgan fingerprint density at radius 3 is 2.81 bits per heavy atom. The van der Waals surface area contributed by atoms with Gasteiger partial charge < -0.3 is 9.47 Å². The second kappa shape index (κ2) is 7.48. The third kappa shape index (κ3) is 3.85. The fourth-order valence-electron chi connectivity index (χ4n) is 3.08. The lowest BCUT2D eigenvalue weighted by molar-refractivity contribution is -0.147. The van der Waals surface area contributed by atoms with E-state index in [1.807, 2.05) is 0 Å². The van der Waals surface area contributed by atoms with Gasteiger partial charge in [-0.25, -0.2) is 14.2 Å². The molecule has 0 amide bonds. The standard InChI is InChI=1S/C19H17FN2O4S/c20-12-5-7-14(8-6-12)25-11-18(24)26-10-13-9-17(23)22-15-3-1-2-4-16(15)27-19(22)21-13/h5-9H,1-4,10-11H2. The molecule has 1 aromatic carbocycles. The number of benzene rings is 1. The second-order valence-electron chi connectivity index (χ2n) is 6.29. The minimum atomic E-state index is -0.591. The molecule has 0 radical (unpaired) electrons. The van der Waals surface area contributed by atoms with Gasteiger partial charge in [-0.05, 0) is 49.9 Å². The first kappa shape index (κ1) is 17.7. The van der Waals surface area contributed by atoms with E-state index < -0.39 is 5.97 Å². The molecular formula is C19H17FN2O4S. The topological polar surface area (TPSA) is 69.9 Å². The van der Waals surface area contributed by atoms with Gasteiger partial charge in [0.05, 0.1) is 5.69 Å². The zero-order valence-electron chi connectivity index (χ0n) is 14.4.